The van der Waals surface area contributed by atoms with E-state index in [1.165, 1.54) is 18.1 Å². The van der Waals surface area contributed by atoms with Crippen molar-refractivity contribution in [2.24, 2.45) is 0 Å². The van der Waals surface area contributed by atoms with Crippen LogP contribution in [0.4, 0.5) is 0 Å². The van der Waals surface area contributed by atoms with Crippen molar-refractivity contribution in [3.8, 4) is 17.2 Å². The van der Waals surface area contributed by atoms with Gasteiger partial charge in [0.05, 0.1) is 12.3 Å². The largest absolute Gasteiger partial charge is 0.493 e. The van der Waals surface area contributed by atoms with Gasteiger partial charge in [-0.05, 0) is 62.1 Å². The Morgan fingerprint density at radius 1 is 1.17 bits per heavy atom. The number of carbonyl (C=O) groups is 1. The van der Waals surface area contributed by atoms with E-state index >= 15 is 0 Å². The Kier molecular flexibility index (Phi) is 5.38. The van der Waals surface area contributed by atoms with E-state index in [1.807, 2.05) is 37.3 Å². The molecule has 1 unspecified atom stereocenters. The second-order valence-corrected chi connectivity index (χ2v) is 7.48. The lowest BCUT2D eigenvalue weighted by atomic mass is 10.1. The van der Waals surface area contributed by atoms with E-state index in [0.717, 1.165) is 41.2 Å². The fourth-order valence-electron chi connectivity index (χ4n) is 3.71. The number of fused-ring (bicyclic) bond motifs is 1. The summed E-state index contributed by atoms with van der Waals surface area (Å²) >= 11 is 0. The molecule has 1 heterocycles. The minimum atomic E-state index is -0.240. The van der Waals surface area contributed by atoms with Gasteiger partial charge < -0.3 is 13.9 Å². The number of aryl methyl sites for hydroxylation is 3. The number of carbonyl (C=O) groups excluding carboxylic acids is 1. The minimum absolute atomic E-state index is 0.130. The van der Waals surface area contributed by atoms with Gasteiger partial charge >= 0.3 is 5.97 Å². The highest BCUT2D eigenvalue weighted by Crippen LogP contribution is 2.36. The van der Waals surface area contributed by atoms with Gasteiger partial charge in [-0.15, -0.1) is 0 Å². The lowest BCUT2D eigenvalue weighted by Crippen LogP contribution is -2.05. The van der Waals surface area contributed by atoms with Gasteiger partial charge in [0.25, 0.3) is 0 Å². The van der Waals surface area contributed by atoms with Gasteiger partial charge in [0, 0.05) is 18.9 Å². The minimum Gasteiger partial charge on any atom is -0.493 e. The summed E-state index contributed by atoms with van der Waals surface area (Å²) in [6.45, 7) is 5.96. The molecule has 0 amide bonds. The Morgan fingerprint density at radius 2 is 1.97 bits per heavy atom. The van der Waals surface area contributed by atoms with E-state index in [2.05, 4.69) is 24.0 Å². The third-order valence-electron chi connectivity index (χ3n) is 5.24. The lowest BCUT2D eigenvalue weighted by molar-refractivity contribution is -0.146. The number of oxazole rings is 1. The zero-order chi connectivity index (χ0) is 20.4. The maximum absolute atomic E-state index is 11.2. The molecule has 0 aliphatic heterocycles. The van der Waals surface area contributed by atoms with Crippen LogP contribution in [0.3, 0.4) is 0 Å². The van der Waals surface area contributed by atoms with Crippen molar-refractivity contribution >= 4 is 5.97 Å². The highest BCUT2D eigenvalue weighted by Gasteiger charge is 2.25. The first-order chi connectivity index (χ1) is 14.0. The van der Waals surface area contributed by atoms with Crippen LogP contribution in [0.25, 0.3) is 11.5 Å². The molecule has 5 heteroatoms. The van der Waals surface area contributed by atoms with Crippen LogP contribution in [-0.4, -0.2) is 17.6 Å². The summed E-state index contributed by atoms with van der Waals surface area (Å²) in [6, 6.07) is 14.1. The van der Waals surface area contributed by atoms with Crippen LogP contribution in [0.2, 0.25) is 0 Å². The lowest BCUT2D eigenvalue weighted by Gasteiger charge is -2.12. The summed E-state index contributed by atoms with van der Waals surface area (Å²) in [6.07, 6.45) is 2.27. The van der Waals surface area contributed by atoms with Crippen LogP contribution in [0.5, 0.6) is 5.75 Å². The standard InChI is InChI=1S/C24H25NO4/c1-15-4-6-18(7-5-15)24-25-22(16(2)28-24)12-13-27-20-9-10-21-19(14-20)8-11-23(21)29-17(3)26/h4-7,9-10,14,23H,8,11-13H2,1-3H3. The van der Waals surface area contributed by atoms with E-state index in [9.17, 15) is 4.79 Å². The van der Waals surface area contributed by atoms with E-state index in [0.29, 0.717) is 18.9 Å². The third kappa shape index (κ3) is 4.34. The number of ether oxygens (including phenoxy) is 2. The van der Waals surface area contributed by atoms with Crippen LogP contribution >= 0.6 is 0 Å². The van der Waals surface area contributed by atoms with Gasteiger partial charge in [-0.3, -0.25) is 4.79 Å². The van der Waals surface area contributed by atoms with Gasteiger partial charge in [0.2, 0.25) is 5.89 Å². The molecule has 150 valence electrons. The van der Waals surface area contributed by atoms with Gasteiger partial charge in [0.15, 0.2) is 0 Å². The summed E-state index contributed by atoms with van der Waals surface area (Å²) in [4.78, 5) is 15.9. The Hall–Kier alpha value is -3.08. The van der Waals surface area contributed by atoms with Crippen LogP contribution in [0.15, 0.2) is 46.9 Å². The second-order valence-electron chi connectivity index (χ2n) is 7.48. The molecular formula is C24H25NO4. The smallest absolute Gasteiger partial charge is 0.303 e. The molecule has 1 aliphatic rings. The van der Waals surface area contributed by atoms with E-state index < -0.39 is 0 Å². The van der Waals surface area contributed by atoms with Crippen molar-refractivity contribution < 1.29 is 18.7 Å². The van der Waals surface area contributed by atoms with E-state index in [4.69, 9.17) is 13.9 Å². The maximum Gasteiger partial charge on any atom is 0.303 e. The van der Waals surface area contributed by atoms with Gasteiger partial charge in [0.1, 0.15) is 17.6 Å². The molecule has 1 aliphatic carbocycles. The molecule has 1 aromatic heterocycles. The Morgan fingerprint density at radius 3 is 2.72 bits per heavy atom. The van der Waals surface area contributed by atoms with E-state index in [-0.39, 0.29) is 12.1 Å². The van der Waals surface area contributed by atoms with Gasteiger partial charge in [-0.1, -0.05) is 23.8 Å². The fourth-order valence-corrected chi connectivity index (χ4v) is 3.71. The molecular weight excluding hydrogens is 366 g/mol. The first-order valence-corrected chi connectivity index (χ1v) is 9.96. The quantitative estimate of drug-likeness (QED) is 0.545. The molecule has 1 atom stereocenters. The molecule has 29 heavy (non-hydrogen) atoms. The summed E-state index contributed by atoms with van der Waals surface area (Å²) < 4.78 is 17.2. The average molecular weight is 391 g/mol. The topological polar surface area (TPSA) is 61.6 Å². The first kappa shape index (κ1) is 19.2. The molecule has 0 radical (unpaired) electrons. The summed E-state index contributed by atoms with van der Waals surface area (Å²) in [5, 5.41) is 0. The molecule has 0 spiro atoms. The molecule has 2 aromatic carbocycles. The highest BCUT2D eigenvalue weighted by atomic mass is 16.5. The zero-order valence-electron chi connectivity index (χ0n) is 17.0. The predicted molar refractivity (Wildman–Crippen MR) is 110 cm³/mol. The fraction of sp³-hybridized carbons (Fsp3) is 0.333. The zero-order valence-corrected chi connectivity index (χ0v) is 17.0. The number of benzene rings is 2. The van der Waals surface area contributed by atoms with Crippen molar-refractivity contribution in [3.63, 3.8) is 0 Å². The third-order valence-corrected chi connectivity index (χ3v) is 5.24. The molecule has 0 N–H and O–H groups in total. The van der Waals surface area contributed by atoms with Gasteiger partial charge in [-0.2, -0.15) is 0 Å². The normalized spacial score (nSPS) is 15.2. The number of hydrogen-bond donors (Lipinski definition) is 0. The number of aromatic nitrogens is 1. The monoisotopic (exact) mass is 391 g/mol. The maximum atomic E-state index is 11.2. The van der Waals surface area contributed by atoms with Crippen LogP contribution in [0.1, 0.15) is 47.6 Å². The molecule has 0 bridgehead atoms. The molecule has 0 fully saturated rings. The first-order valence-electron chi connectivity index (χ1n) is 9.96. The molecule has 0 saturated carbocycles. The van der Waals surface area contributed by atoms with Crippen LogP contribution in [0, 0.1) is 13.8 Å². The van der Waals surface area contributed by atoms with E-state index in [1.54, 1.807) is 0 Å². The van der Waals surface area contributed by atoms with Crippen molar-refractivity contribution in [2.75, 3.05) is 6.61 Å². The van der Waals surface area contributed by atoms with Crippen molar-refractivity contribution in [2.45, 2.75) is 46.1 Å². The Labute approximate surface area is 170 Å². The summed E-state index contributed by atoms with van der Waals surface area (Å²) in [5.74, 6) is 2.05. The summed E-state index contributed by atoms with van der Waals surface area (Å²) in [5.41, 5.74) is 5.37. The predicted octanol–water partition coefficient (Wildman–Crippen LogP) is 5.13. The van der Waals surface area contributed by atoms with Crippen LogP contribution < -0.4 is 4.74 Å². The SMILES string of the molecule is CC(=O)OC1CCc2cc(OCCc3nc(-c4ccc(C)cc4)oc3C)ccc21. The second kappa shape index (κ2) is 8.11. The number of rotatable bonds is 6. The average Bonchev–Trinajstić information content (AvgIpc) is 3.25. The highest BCUT2D eigenvalue weighted by molar-refractivity contribution is 5.66. The Balaban J connectivity index is 1.37. The molecule has 5 nitrogen and oxygen atoms in total. The molecule has 3 aromatic rings. The van der Waals surface area contributed by atoms with Crippen molar-refractivity contribution in [1.82, 2.24) is 4.98 Å². The number of hydrogen-bond acceptors (Lipinski definition) is 5. The number of nitrogens with zero attached hydrogens (tertiary/aromatic N) is 1. The van der Waals surface area contributed by atoms with Crippen molar-refractivity contribution in [3.05, 3.63) is 70.6 Å². The summed E-state index contributed by atoms with van der Waals surface area (Å²) in [7, 11) is 0. The number of esters is 1. The van der Waals surface area contributed by atoms with Gasteiger partial charge in [-0.25, -0.2) is 4.98 Å². The van der Waals surface area contributed by atoms with Crippen LogP contribution in [-0.2, 0) is 22.4 Å². The Bertz CT molecular complexity index is 1020. The van der Waals surface area contributed by atoms with Crippen molar-refractivity contribution in [1.29, 1.82) is 0 Å². The molecule has 0 saturated heterocycles. The molecule has 4 rings (SSSR count).